The fourth-order valence-corrected chi connectivity index (χ4v) is 7.93. The molecule has 10 heteroatoms. The molecule has 0 unspecified atom stereocenters. The van der Waals surface area contributed by atoms with Crippen LogP contribution < -0.4 is 15.8 Å². The monoisotopic (exact) mass is 595 g/mol. The van der Waals surface area contributed by atoms with Gasteiger partial charge in [0.15, 0.2) is 5.82 Å². The topological polar surface area (TPSA) is 120 Å². The maximum atomic E-state index is 13.9. The molecule has 4 aromatic rings. The zero-order valence-electron chi connectivity index (χ0n) is 25.6. The first-order valence-electron chi connectivity index (χ1n) is 16.4. The molecular weight excluding hydrogens is 554 g/mol. The van der Waals surface area contributed by atoms with Crippen molar-refractivity contribution in [2.24, 2.45) is 5.73 Å². The number of aryl methyl sites for hydroxylation is 1. The number of methoxy groups -OCH3 is 1. The van der Waals surface area contributed by atoms with Gasteiger partial charge in [-0.1, -0.05) is 12.8 Å². The molecule has 3 aromatic heterocycles. The van der Waals surface area contributed by atoms with Crippen LogP contribution in [0.5, 0.6) is 5.75 Å². The van der Waals surface area contributed by atoms with Gasteiger partial charge in [0, 0.05) is 48.1 Å². The molecule has 4 atom stereocenters. The van der Waals surface area contributed by atoms with E-state index in [1.165, 1.54) is 0 Å². The van der Waals surface area contributed by atoms with Crippen molar-refractivity contribution in [3.63, 3.8) is 0 Å². The predicted octanol–water partition coefficient (Wildman–Crippen LogP) is 5.24. The predicted molar refractivity (Wildman–Crippen MR) is 168 cm³/mol. The van der Waals surface area contributed by atoms with E-state index in [1.54, 1.807) is 7.11 Å². The van der Waals surface area contributed by atoms with Crippen LogP contribution in [0.15, 0.2) is 30.3 Å². The van der Waals surface area contributed by atoms with Gasteiger partial charge < -0.3 is 29.8 Å². The molecule has 230 valence electrons. The first kappa shape index (κ1) is 27.6. The number of benzene rings is 1. The van der Waals surface area contributed by atoms with Crippen molar-refractivity contribution in [2.75, 3.05) is 7.11 Å². The number of hydrogen-bond acceptors (Lipinski definition) is 6. The maximum absolute atomic E-state index is 13.9. The highest BCUT2D eigenvalue weighted by Crippen LogP contribution is 2.45. The van der Waals surface area contributed by atoms with E-state index >= 15 is 0 Å². The van der Waals surface area contributed by atoms with Crippen LogP contribution in [0.25, 0.3) is 33.6 Å². The fourth-order valence-electron chi connectivity index (χ4n) is 7.93. The second kappa shape index (κ2) is 10.6. The highest BCUT2D eigenvalue weighted by Gasteiger charge is 2.47. The second-order valence-electron chi connectivity index (χ2n) is 13.3. The van der Waals surface area contributed by atoms with Crippen molar-refractivity contribution in [2.45, 2.75) is 108 Å². The number of carbonyl (C=O) groups excluding carboxylic acids is 2. The van der Waals surface area contributed by atoms with Crippen LogP contribution >= 0.6 is 0 Å². The number of aromatic nitrogens is 4. The summed E-state index contributed by atoms with van der Waals surface area (Å²) in [5.41, 5.74) is 11.5. The number of carbonyl (C=O) groups is 2. The van der Waals surface area contributed by atoms with Gasteiger partial charge in [0.25, 0.3) is 5.91 Å². The quantitative estimate of drug-likeness (QED) is 0.333. The molecule has 6 heterocycles. The molecule has 4 bridgehead atoms. The third-order valence-corrected chi connectivity index (χ3v) is 10.3. The Bertz CT molecular complexity index is 1790. The third kappa shape index (κ3) is 4.48. The van der Waals surface area contributed by atoms with E-state index in [2.05, 4.69) is 26.6 Å². The Balaban J connectivity index is 1.27. The second-order valence-corrected chi connectivity index (χ2v) is 13.3. The summed E-state index contributed by atoms with van der Waals surface area (Å²) in [6.07, 6.45) is 9.53. The van der Waals surface area contributed by atoms with Crippen molar-refractivity contribution in [1.82, 2.24) is 29.3 Å². The van der Waals surface area contributed by atoms with Gasteiger partial charge in [-0.3, -0.25) is 9.59 Å². The highest BCUT2D eigenvalue weighted by molar-refractivity contribution is 6.01. The smallest absolute Gasteiger partial charge is 0.254 e. The number of hydrogen-bond donors (Lipinski definition) is 2. The Hall–Kier alpha value is -3.92. The molecule has 2 amide bonds. The average molecular weight is 596 g/mol. The summed E-state index contributed by atoms with van der Waals surface area (Å²) in [6.45, 7) is 2.82. The summed E-state index contributed by atoms with van der Waals surface area (Å²) in [4.78, 5) is 38.8. The third-order valence-electron chi connectivity index (χ3n) is 10.3. The molecule has 4 aliphatic rings. The molecule has 0 radical (unpaired) electrons. The number of fused-ring (bicyclic) bond motifs is 4. The van der Waals surface area contributed by atoms with Crippen LogP contribution in [0.4, 0.5) is 0 Å². The average Bonchev–Trinajstić information content (AvgIpc) is 3.36. The Kier molecular flexibility index (Phi) is 6.66. The van der Waals surface area contributed by atoms with Crippen LogP contribution in [0.1, 0.15) is 99.3 Å². The Morgan fingerprint density at radius 2 is 1.84 bits per heavy atom. The van der Waals surface area contributed by atoms with Gasteiger partial charge >= 0.3 is 0 Å². The number of pyridine rings is 1. The molecule has 1 aromatic carbocycles. The van der Waals surface area contributed by atoms with E-state index in [9.17, 15) is 9.59 Å². The van der Waals surface area contributed by atoms with E-state index in [0.29, 0.717) is 23.8 Å². The van der Waals surface area contributed by atoms with Crippen molar-refractivity contribution in [3.05, 3.63) is 41.6 Å². The van der Waals surface area contributed by atoms with E-state index in [0.717, 1.165) is 104 Å². The molecule has 1 saturated carbocycles. The normalized spacial score (nSPS) is 25.7. The summed E-state index contributed by atoms with van der Waals surface area (Å²) in [5, 5.41) is 4.18. The van der Waals surface area contributed by atoms with Gasteiger partial charge in [0.05, 0.1) is 30.1 Å². The van der Waals surface area contributed by atoms with Crippen LogP contribution in [0, 0.1) is 0 Å². The van der Waals surface area contributed by atoms with Crippen LogP contribution in [0.2, 0.25) is 0 Å². The molecule has 44 heavy (non-hydrogen) atoms. The van der Waals surface area contributed by atoms with Gasteiger partial charge in [0.2, 0.25) is 5.91 Å². The van der Waals surface area contributed by atoms with E-state index in [-0.39, 0.29) is 36.0 Å². The highest BCUT2D eigenvalue weighted by atomic mass is 16.5. The zero-order valence-corrected chi connectivity index (χ0v) is 25.6. The first-order valence-corrected chi connectivity index (χ1v) is 16.4. The fraction of sp³-hybridized carbons (Fsp3) is 0.529. The molecule has 0 spiro atoms. The van der Waals surface area contributed by atoms with Crippen LogP contribution in [-0.4, -0.2) is 61.1 Å². The number of nitrogens with one attached hydrogen (secondary N) is 1. The summed E-state index contributed by atoms with van der Waals surface area (Å²) >= 11 is 0. The van der Waals surface area contributed by atoms with Gasteiger partial charge in [-0.15, -0.1) is 0 Å². The molecule has 3 N–H and O–H groups in total. The molecule has 3 aliphatic heterocycles. The lowest BCUT2D eigenvalue weighted by molar-refractivity contribution is -0.121. The summed E-state index contributed by atoms with van der Waals surface area (Å²) in [6, 6.07) is 10.7. The lowest BCUT2D eigenvalue weighted by Crippen LogP contribution is -2.40. The van der Waals surface area contributed by atoms with Gasteiger partial charge in [-0.2, -0.15) is 0 Å². The molecule has 1 aliphatic carbocycles. The number of nitrogens with zero attached hydrogens (tertiary/aromatic N) is 5. The maximum Gasteiger partial charge on any atom is 0.254 e. The standard InChI is InChI=1S/C34H41N7O3/c1-19-25-12-8-20-16-28(39(32(20)37-25)14-6-4-3-5-7-30(42)36-19)33-38-26-15-21(17-29(44-2)31(26)41(33)22-9-10-22)34(43)40-23-11-13-27(40)24(35)18-23/h8,12,15-17,19,22-24,27H,3-7,9-11,13-14,18,35H2,1-2H3,(H,36,42)/t19-,23+,24-,27-/m1/s1. The summed E-state index contributed by atoms with van der Waals surface area (Å²) < 4.78 is 10.6. The van der Waals surface area contributed by atoms with E-state index in [4.69, 9.17) is 20.4 Å². The number of amides is 2. The molecule has 2 saturated heterocycles. The Morgan fingerprint density at radius 3 is 2.59 bits per heavy atom. The summed E-state index contributed by atoms with van der Waals surface area (Å²) in [5.74, 6) is 1.68. The zero-order chi connectivity index (χ0) is 30.1. The molecular formula is C34H41N7O3. The van der Waals surface area contributed by atoms with Crippen LogP contribution in [0.3, 0.4) is 0 Å². The number of imidazole rings is 1. The molecule has 3 fully saturated rings. The lowest BCUT2D eigenvalue weighted by atomic mass is 9.97. The van der Waals surface area contributed by atoms with Gasteiger partial charge in [-0.05, 0) is 82.2 Å². The molecule has 10 nitrogen and oxygen atoms in total. The van der Waals surface area contributed by atoms with Crippen molar-refractivity contribution >= 4 is 33.9 Å². The number of ether oxygens (including phenoxy) is 1. The number of rotatable bonds is 4. The Morgan fingerprint density at radius 1 is 1.02 bits per heavy atom. The Labute approximate surface area is 256 Å². The van der Waals surface area contributed by atoms with Crippen LogP contribution in [-0.2, 0) is 11.3 Å². The van der Waals surface area contributed by atoms with E-state index in [1.807, 2.05) is 30.0 Å². The largest absolute Gasteiger partial charge is 0.494 e. The first-order chi connectivity index (χ1) is 21.4. The minimum atomic E-state index is -0.170. The molecule has 8 rings (SSSR count). The van der Waals surface area contributed by atoms with Crippen molar-refractivity contribution in [1.29, 1.82) is 0 Å². The summed E-state index contributed by atoms with van der Waals surface area (Å²) in [7, 11) is 1.68. The SMILES string of the molecule is COc1cc(C(=O)N2[C@H]3CC[C@@H]2[C@H](N)C3)cc2nc(-c3cc4ccc5nc4n3CCCCCCC(=O)N[C@@H]5C)n(C3CC3)c12. The van der Waals surface area contributed by atoms with Crippen molar-refractivity contribution < 1.29 is 14.3 Å². The van der Waals surface area contributed by atoms with Crippen molar-refractivity contribution in [3.8, 4) is 17.3 Å². The lowest BCUT2D eigenvalue weighted by Gasteiger charge is -2.23. The van der Waals surface area contributed by atoms with E-state index < -0.39 is 0 Å². The number of nitrogens with two attached hydrogens (primary N) is 1. The minimum absolute atomic E-state index is 0.0255. The van der Waals surface area contributed by atoms with Gasteiger partial charge in [-0.25, -0.2) is 9.97 Å². The van der Waals surface area contributed by atoms with Gasteiger partial charge in [0.1, 0.15) is 16.9 Å². The minimum Gasteiger partial charge on any atom is -0.494 e.